The van der Waals surface area contributed by atoms with Crippen LogP contribution in [-0.2, 0) is 0 Å². The first kappa shape index (κ1) is 9.32. The third-order valence-corrected chi connectivity index (χ3v) is 2.31. The molecule has 0 aliphatic heterocycles. The third kappa shape index (κ3) is 2.11. The third-order valence-electron chi connectivity index (χ3n) is 2.31. The van der Waals surface area contributed by atoms with Gasteiger partial charge in [-0.2, -0.15) is 5.26 Å². The zero-order valence-electron chi connectivity index (χ0n) is 8.44. The van der Waals surface area contributed by atoms with E-state index in [1.165, 1.54) is 6.42 Å². The van der Waals surface area contributed by atoms with E-state index in [1.54, 1.807) is 0 Å². The van der Waals surface area contributed by atoms with Crippen LogP contribution < -0.4 is 0 Å². The highest BCUT2D eigenvalue weighted by atomic mass is 14.4. The maximum Gasteiger partial charge on any atom is 0.0944 e. The van der Waals surface area contributed by atoms with Crippen LogP contribution in [0, 0.1) is 22.2 Å². The van der Waals surface area contributed by atoms with Crippen LogP contribution in [0.15, 0.2) is 11.6 Å². The van der Waals surface area contributed by atoms with Gasteiger partial charge in [0, 0.05) is 5.57 Å². The molecule has 1 rings (SSSR count). The summed E-state index contributed by atoms with van der Waals surface area (Å²) in [5.41, 5.74) is 1.45. The minimum atomic E-state index is 0.201. The Morgan fingerprint density at radius 2 is 1.92 bits per heavy atom. The van der Waals surface area contributed by atoms with E-state index in [9.17, 15) is 0 Å². The predicted molar refractivity (Wildman–Crippen MR) is 50.5 cm³/mol. The molecule has 0 aromatic carbocycles. The van der Waals surface area contributed by atoms with Crippen LogP contribution in [0.25, 0.3) is 0 Å². The van der Waals surface area contributed by atoms with E-state index in [2.05, 4.69) is 39.8 Å². The molecule has 0 aromatic heterocycles. The molecular formula is C11H17N. The van der Waals surface area contributed by atoms with Gasteiger partial charge in [-0.25, -0.2) is 0 Å². The Morgan fingerprint density at radius 3 is 2.33 bits per heavy atom. The summed E-state index contributed by atoms with van der Waals surface area (Å²) in [7, 11) is 0. The smallest absolute Gasteiger partial charge is 0.0944 e. The van der Waals surface area contributed by atoms with E-state index < -0.39 is 0 Å². The van der Waals surface area contributed by atoms with Crippen molar-refractivity contribution in [2.45, 2.75) is 40.5 Å². The Labute approximate surface area is 75.1 Å². The number of nitrogens with zero attached hydrogens (tertiary/aromatic N) is 1. The minimum Gasteiger partial charge on any atom is -0.193 e. The second-order valence-corrected chi connectivity index (χ2v) is 5.29. The van der Waals surface area contributed by atoms with Gasteiger partial charge in [-0.15, -0.1) is 0 Å². The molecular weight excluding hydrogens is 146 g/mol. The largest absolute Gasteiger partial charge is 0.193 e. The van der Waals surface area contributed by atoms with Crippen molar-refractivity contribution in [3.05, 3.63) is 11.6 Å². The summed E-state index contributed by atoms with van der Waals surface area (Å²) in [5, 5.41) is 8.84. The molecule has 1 nitrogen and oxygen atoms in total. The van der Waals surface area contributed by atoms with Crippen LogP contribution in [0.5, 0.6) is 0 Å². The van der Waals surface area contributed by atoms with E-state index in [1.807, 2.05) is 0 Å². The van der Waals surface area contributed by atoms with Crippen molar-refractivity contribution in [1.29, 1.82) is 5.26 Å². The molecule has 0 atom stereocenters. The first-order chi connectivity index (χ1) is 5.35. The Kier molecular flexibility index (Phi) is 2.04. The van der Waals surface area contributed by atoms with E-state index in [0.29, 0.717) is 5.41 Å². The fraction of sp³-hybridized carbons (Fsp3) is 0.727. The van der Waals surface area contributed by atoms with E-state index in [0.717, 1.165) is 12.0 Å². The minimum absolute atomic E-state index is 0.201. The van der Waals surface area contributed by atoms with Gasteiger partial charge in [0.05, 0.1) is 6.07 Å². The topological polar surface area (TPSA) is 23.8 Å². The summed E-state index contributed by atoms with van der Waals surface area (Å²) in [5.74, 6) is 0. The molecule has 66 valence electrons. The highest BCUT2D eigenvalue weighted by molar-refractivity contribution is 5.27. The summed E-state index contributed by atoms with van der Waals surface area (Å²) in [6, 6.07) is 2.28. The van der Waals surface area contributed by atoms with Crippen molar-refractivity contribution in [2.24, 2.45) is 10.8 Å². The second-order valence-electron chi connectivity index (χ2n) is 5.29. The molecule has 0 unspecified atom stereocenters. The predicted octanol–water partition coefficient (Wildman–Crippen LogP) is 3.28. The number of rotatable bonds is 0. The molecule has 0 bridgehead atoms. The van der Waals surface area contributed by atoms with Gasteiger partial charge < -0.3 is 0 Å². The monoisotopic (exact) mass is 163 g/mol. The van der Waals surface area contributed by atoms with Gasteiger partial charge in [0.25, 0.3) is 0 Å². The fourth-order valence-corrected chi connectivity index (χ4v) is 2.46. The molecule has 0 radical (unpaired) electrons. The molecule has 0 spiro atoms. The van der Waals surface area contributed by atoms with E-state index >= 15 is 0 Å². The standard InChI is InChI=1S/C11H17N/c1-10(2)5-9(7-12)6-11(3,4)8-10/h5H,6,8H2,1-4H3. The van der Waals surface area contributed by atoms with Gasteiger partial charge >= 0.3 is 0 Å². The molecule has 0 saturated carbocycles. The van der Waals surface area contributed by atoms with Gasteiger partial charge in [-0.05, 0) is 23.7 Å². The lowest BCUT2D eigenvalue weighted by atomic mass is 9.67. The Bertz CT molecular complexity index is 251. The molecule has 0 heterocycles. The molecule has 0 N–H and O–H groups in total. The van der Waals surface area contributed by atoms with Crippen molar-refractivity contribution in [3.8, 4) is 6.07 Å². The number of hydrogen-bond acceptors (Lipinski definition) is 1. The van der Waals surface area contributed by atoms with E-state index in [-0.39, 0.29) is 5.41 Å². The van der Waals surface area contributed by atoms with Crippen LogP contribution in [0.1, 0.15) is 40.5 Å². The van der Waals surface area contributed by atoms with Crippen LogP contribution in [0.2, 0.25) is 0 Å². The van der Waals surface area contributed by atoms with Crippen LogP contribution >= 0.6 is 0 Å². The van der Waals surface area contributed by atoms with Gasteiger partial charge in [0.1, 0.15) is 0 Å². The first-order valence-electron chi connectivity index (χ1n) is 4.47. The van der Waals surface area contributed by atoms with Crippen molar-refractivity contribution in [3.63, 3.8) is 0 Å². The molecule has 0 saturated heterocycles. The molecule has 0 fully saturated rings. The maximum absolute atomic E-state index is 8.84. The van der Waals surface area contributed by atoms with Crippen LogP contribution in [-0.4, -0.2) is 0 Å². The number of allylic oxidation sites excluding steroid dienone is 2. The Hall–Kier alpha value is -0.770. The number of nitriles is 1. The SMILES string of the molecule is CC1(C)C=C(C#N)CC(C)(C)C1. The molecule has 0 aromatic rings. The van der Waals surface area contributed by atoms with Gasteiger partial charge in [0.2, 0.25) is 0 Å². The molecule has 12 heavy (non-hydrogen) atoms. The van der Waals surface area contributed by atoms with Crippen molar-refractivity contribution in [2.75, 3.05) is 0 Å². The zero-order chi connectivity index (χ0) is 9.41. The van der Waals surface area contributed by atoms with Crippen molar-refractivity contribution >= 4 is 0 Å². The summed E-state index contributed by atoms with van der Waals surface area (Å²) in [6.07, 6.45) is 4.23. The average molecular weight is 163 g/mol. The lowest BCUT2D eigenvalue weighted by Crippen LogP contribution is -2.26. The van der Waals surface area contributed by atoms with Crippen LogP contribution in [0.4, 0.5) is 0 Å². The van der Waals surface area contributed by atoms with Gasteiger partial charge in [-0.3, -0.25) is 0 Å². The lowest BCUT2D eigenvalue weighted by Gasteiger charge is -2.37. The van der Waals surface area contributed by atoms with Gasteiger partial charge in [0.15, 0.2) is 0 Å². The summed E-state index contributed by atoms with van der Waals surface area (Å²) in [4.78, 5) is 0. The highest BCUT2D eigenvalue weighted by Gasteiger charge is 2.32. The van der Waals surface area contributed by atoms with Crippen molar-refractivity contribution < 1.29 is 0 Å². The van der Waals surface area contributed by atoms with Crippen LogP contribution in [0.3, 0.4) is 0 Å². The Balaban J connectivity index is 2.96. The van der Waals surface area contributed by atoms with E-state index in [4.69, 9.17) is 5.26 Å². The van der Waals surface area contributed by atoms with Crippen molar-refractivity contribution in [1.82, 2.24) is 0 Å². The maximum atomic E-state index is 8.84. The second kappa shape index (κ2) is 2.62. The average Bonchev–Trinajstić information content (AvgIpc) is 1.80. The molecule has 1 aliphatic carbocycles. The summed E-state index contributed by atoms with van der Waals surface area (Å²) in [6.45, 7) is 8.87. The lowest BCUT2D eigenvalue weighted by molar-refractivity contribution is 0.218. The summed E-state index contributed by atoms with van der Waals surface area (Å²) >= 11 is 0. The first-order valence-corrected chi connectivity index (χ1v) is 4.47. The molecule has 0 amide bonds. The number of hydrogen-bond donors (Lipinski definition) is 0. The fourth-order valence-electron chi connectivity index (χ4n) is 2.46. The molecule has 1 aliphatic rings. The normalized spacial score (nSPS) is 25.8. The van der Waals surface area contributed by atoms with Gasteiger partial charge in [-0.1, -0.05) is 33.8 Å². The summed E-state index contributed by atoms with van der Waals surface area (Å²) < 4.78 is 0. The molecule has 1 heteroatoms. The Morgan fingerprint density at radius 1 is 1.33 bits per heavy atom. The highest BCUT2D eigenvalue weighted by Crippen LogP contribution is 2.44. The zero-order valence-corrected chi connectivity index (χ0v) is 8.44. The quantitative estimate of drug-likeness (QED) is 0.537.